The molecule has 1 atom stereocenters. The number of phenolic OH excluding ortho intramolecular Hbond substituents is 1. The van der Waals surface area contributed by atoms with Gasteiger partial charge >= 0.3 is 5.97 Å². The lowest BCUT2D eigenvalue weighted by Gasteiger charge is -2.17. The van der Waals surface area contributed by atoms with Crippen LogP contribution in [-0.4, -0.2) is 23.3 Å². The summed E-state index contributed by atoms with van der Waals surface area (Å²) in [6, 6.07) is 3.05. The summed E-state index contributed by atoms with van der Waals surface area (Å²) in [5.41, 5.74) is 0.603. The van der Waals surface area contributed by atoms with Gasteiger partial charge < -0.3 is 14.9 Å². The van der Waals surface area contributed by atoms with E-state index in [2.05, 4.69) is 0 Å². The second-order valence-corrected chi connectivity index (χ2v) is 4.99. The molecule has 1 saturated carbocycles. The van der Waals surface area contributed by atoms with Crippen molar-refractivity contribution >= 4 is 17.6 Å². The van der Waals surface area contributed by atoms with Gasteiger partial charge in [-0.2, -0.15) is 0 Å². The molecular weight excluding hydrogens is 256 g/mol. The largest absolute Gasteiger partial charge is 0.508 e. The molecule has 0 heterocycles. The van der Waals surface area contributed by atoms with E-state index in [-0.39, 0.29) is 18.1 Å². The van der Waals surface area contributed by atoms with Crippen molar-refractivity contribution in [1.82, 2.24) is 0 Å². The smallest absolute Gasteiger partial charge is 0.303 e. The Hall–Kier alpha value is -1.42. The number of aromatic hydroxyl groups is 1. The molecule has 0 bridgehead atoms. The Bertz CT molecular complexity index is 468. The number of ether oxygens (including phenoxy) is 1. The van der Waals surface area contributed by atoms with Crippen LogP contribution in [0.4, 0.5) is 0 Å². The summed E-state index contributed by atoms with van der Waals surface area (Å²) in [6.45, 7) is 0. The molecule has 0 saturated heterocycles. The normalized spacial score (nSPS) is 16.3. The van der Waals surface area contributed by atoms with E-state index in [0.29, 0.717) is 22.3 Å². The predicted molar refractivity (Wildman–Crippen MR) is 67.4 cm³/mol. The molecule has 0 spiro atoms. The molecule has 1 aliphatic rings. The molecule has 18 heavy (non-hydrogen) atoms. The van der Waals surface area contributed by atoms with E-state index in [1.807, 2.05) is 0 Å². The first kappa shape index (κ1) is 13.0. The highest BCUT2D eigenvalue weighted by atomic mass is 35.5. The maximum atomic E-state index is 10.9. The van der Waals surface area contributed by atoms with Gasteiger partial charge in [0, 0.05) is 12.0 Å². The number of halogens is 1. The van der Waals surface area contributed by atoms with Crippen LogP contribution in [0.25, 0.3) is 0 Å². The standard InChI is InChI=1S/C13H15ClO4/c1-18-12-6-11(15)9(4-10(12)14)8(5-13(16)17)7-2-3-7/h4,6-8,15H,2-3,5H2,1H3,(H,16,17). The number of methoxy groups -OCH3 is 1. The Labute approximate surface area is 110 Å². The zero-order valence-electron chi connectivity index (χ0n) is 10.0. The first-order valence-electron chi connectivity index (χ1n) is 5.81. The molecule has 0 radical (unpaired) electrons. The number of rotatable bonds is 5. The van der Waals surface area contributed by atoms with Gasteiger partial charge in [0.1, 0.15) is 11.5 Å². The maximum absolute atomic E-state index is 10.9. The zero-order valence-corrected chi connectivity index (χ0v) is 10.8. The van der Waals surface area contributed by atoms with Gasteiger partial charge in [0.05, 0.1) is 18.6 Å². The summed E-state index contributed by atoms with van der Waals surface area (Å²) < 4.78 is 5.01. The molecule has 5 heteroatoms. The molecule has 0 aliphatic heterocycles. The van der Waals surface area contributed by atoms with Crippen LogP contribution in [0.3, 0.4) is 0 Å². The molecule has 2 rings (SSSR count). The van der Waals surface area contributed by atoms with E-state index in [0.717, 1.165) is 12.8 Å². The van der Waals surface area contributed by atoms with Gasteiger partial charge in [-0.05, 0) is 30.4 Å². The average molecular weight is 271 g/mol. The summed E-state index contributed by atoms with van der Waals surface area (Å²) in [5, 5.41) is 19.3. The Morgan fingerprint density at radius 3 is 2.72 bits per heavy atom. The van der Waals surface area contributed by atoms with Crippen molar-refractivity contribution in [2.24, 2.45) is 5.92 Å². The second-order valence-electron chi connectivity index (χ2n) is 4.59. The second kappa shape index (κ2) is 5.06. The summed E-state index contributed by atoms with van der Waals surface area (Å²) in [6.07, 6.45) is 2.02. The number of phenols is 1. The van der Waals surface area contributed by atoms with Crippen LogP contribution in [-0.2, 0) is 4.79 Å². The molecule has 1 fully saturated rings. The van der Waals surface area contributed by atoms with Crippen LogP contribution < -0.4 is 4.74 Å². The van der Waals surface area contributed by atoms with E-state index < -0.39 is 5.97 Å². The molecule has 0 aromatic heterocycles. The number of hydrogen-bond donors (Lipinski definition) is 2. The van der Waals surface area contributed by atoms with Crippen LogP contribution in [0.15, 0.2) is 12.1 Å². The first-order valence-corrected chi connectivity index (χ1v) is 6.19. The van der Waals surface area contributed by atoms with Crippen LogP contribution >= 0.6 is 11.6 Å². The molecule has 1 aromatic carbocycles. The Morgan fingerprint density at radius 1 is 1.56 bits per heavy atom. The zero-order chi connectivity index (χ0) is 13.3. The van der Waals surface area contributed by atoms with Crippen LogP contribution in [0.2, 0.25) is 5.02 Å². The molecule has 98 valence electrons. The molecule has 1 unspecified atom stereocenters. The van der Waals surface area contributed by atoms with Crippen LogP contribution in [0, 0.1) is 5.92 Å². The summed E-state index contributed by atoms with van der Waals surface area (Å²) in [5.74, 6) is -0.266. The van der Waals surface area contributed by atoms with Crippen molar-refractivity contribution in [1.29, 1.82) is 0 Å². The third-order valence-corrected chi connectivity index (χ3v) is 3.58. The number of hydrogen-bond acceptors (Lipinski definition) is 3. The predicted octanol–water partition coefficient (Wildman–Crippen LogP) is 3.02. The lowest BCUT2D eigenvalue weighted by Crippen LogP contribution is -2.08. The highest BCUT2D eigenvalue weighted by Gasteiger charge is 2.35. The van der Waals surface area contributed by atoms with Gasteiger partial charge in [-0.1, -0.05) is 11.6 Å². The van der Waals surface area contributed by atoms with E-state index in [1.54, 1.807) is 6.07 Å². The van der Waals surface area contributed by atoms with Crippen molar-refractivity contribution in [3.63, 3.8) is 0 Å². The van der Waals surface area contributed by atoms with E-state index in [1.165, 1.54) is 13.2 Å². The van der Waals surface area contributed by atoms with Gasteiger partial charge in [-0.3, -0.25) is 4.79 Å². The van der Waals surface area contributed by atoms with E-state index >= 15 is 0 Å². The number of carbonyl (C=O) groups is 1. The number of aliphatic carboxylic acids is 1. The van der Waals surface area contributed by atoms with Crippen LogP contribution in [0.5, 0.6) is 11.5 Å². The Morgan fingerprint density at radius 2 is 2.22 bits per heavy atom. The van der Waals surface area contributed by atoms with Crippen molar-refractivity contribution in [2.75, 3.05) is 7.11 Å². The minimum absolute atomic E-state index is 0.0148. The van der Waals surface area contributed by atoms with Gasteiger partial charge in [-0.15, -0.1) is 0 Å². The minimum atomic E-state index is -0.863. The Balaban J connectivity index is 2.35. The lowest BCUT2D eigenvalue weighted by atomic mass is 9.90. The van der Waals surface area contributed by atoms with Crippen molar-refractivity contribution in [2.45, 2.75) is 25.2 Å². The molecule has 1 aliphatic carbocycles. The molecule has 0 amide bonds. The average Bonchev–Trinajstić information content (AvgIpc) is 3.12. The molecule has 4 nitrogen and oxygen atoms in total. The number of carboxylic acids is 1. The highest BCUT2D eigenvalue weighted by Crippen LogP contribution is 2.48. The van der Waals surface area contributed by atoms with E-state index in [9.17, 15) is 9.90 Å². The monoisotopic (exact) mass is 270 g/mol. The third kappa shape index (κ3) is 2.70. The first-order chi connectivity index (χ1) is 8.52. The van der Waals surface area contributed by atoms with Crippen molar-refractivity contribution < 1.29 is 19.7 Å². The van der Waals surface area contributed by atoms with Gasteiger partial charge in [-0.25, -0.2) is 0 Å². The topological polar surface area (TPSA) is 66.8 Å². The maximum Gasteiger partial charge on any atom is 0.303 e. The Kier molecular flexibility index (Phi) is 3.66. The molecule has 2 N–H and O–H groups in total. The number of carboxylic acid groups (broad SMARTS) is 1. The fourth-order valence-corrected chi connectivity index (χ4v) is 2.48. The van der Waals surface area contributed by atoms with Crippen molar-refractivity contribution in [3.8, 4) is 11.5 Å². The molecule has 1 aromatic rings. The van der Waals surface area contributed by atoms with Gasteiger partial charge in [0.25, 0.3) is 0 Å². The SMILES string of the molecule is COc1cc(O)c(C(CC(=O)O)C2CC2)cc1Cl. The summed E-state index contributed by atoms with van der Waals surface area (Å²) >= 11 is 6.02. The number of benzene rings is 1. The minimum Gasteiger partial charge on any atom is -0.508 e. The van der Waals surface area contributed by atoms with Crippen LogP contribution in [0.1, 0.15) is 30.7 Å². The van der Waals surface area contributed by atoms with E-state index in [4.69, 9.17) is 21.4 Å². The van der Waals surface area contributed by atoms with Gasteiger partial charge in [0.15, 0.2) is 0 Å². The lowest BCUT2D eigenvalue weighted by molar-refractivity contribution is -0.137. The highest BCUT2D eigenvalue weighted by molar-refractivity contribution is 6.32. The fourth-order valence-electron chi connectivity index (χ4n) is 2.23. The summed E-state index contributed by atoms with van der Waals surface area (Å²) in [4.78, 5) is 10.9. The van der Waals surface area contributed by atoms with Crippen molar-refractivity contribution in [3.05, 3.63) is 22.7 Å². The molecular formula is C13H15ClO4. The third-order valence-electron chi connectivity index (χ3n) is 3.29. The fraction of sp³-hybridized carbons (Fsp3) is 0.462. The van der Waals surface area contributed by atoms with Gasteiger partial charge in [0.2, 0.25) is 0 Å². The quantitative estimate of drug-likeness (QED) is 0.863. The summed E-state index contributed by atoms with van der Waals surface area (Å²) in [7, 11) is 1.47.